The number of hydrogen-bond donors (Lipinski definition) is 2. The van der Waals surface area contributed by atoms with Gasteiger partial charge in [-0.2, -0.15) is 0 Å². The molecule has 0 aromatic heterocycles. The summed E-state index contributed by atoms with van der Waals surface area (Å²) >= 11 is 0. The molecular formula is C38H72N2. The Kier molecular flexibility index (Phi) is 10.2. The smallest absolute Gasteiger partial charge is 0.00469 e. The molecule has 234 valence electrons. The minimum Gasteiger partial charge on any atom is -0.330 e. The summed E-state index contributed by atoms with van der Waals surface area (Å²) in [5.74, 6) is 0. The molecular weight excluding hydrogens is 484 g/mol. The van der Waals surface area contributed by atoms with Gasteiger partial charge in [0.2, 0.25) is 0 Å². The molecule has 2 nitrogen and oxygen atoms in total. The highest BCUT2D eigenvalue weighted by atomic mass is 14.6. The quantitative estimate of drug-likeness (QED) is 0.269. The van der Waals surface area contributed by atoms with Crippen LogP contribution < -0.4 is 11.5 Å². The molecule has 0 saturated heterocycles. The number of hydrogen-bond acceptors (Lipinski definition) is 2. The van der Waals surface area contributed by atoms with Gasteiger partial charge in [-0.15, -0.1) is 0 Å². The first-order valence-electron chi connectivity index (χ1n) is 16.0. The highest BCUT2D eigenvalue weighted by molar-refractivity contribution is 5.43. The topological polar surface area (TPSA) is 52.0 Å². The maximum Gasteiger partial charge on any atom is -0.00469 e. The molecule has 0 unspecified atom stereocenters. The third-order valence-electron chi connectivity index (χ3n) is 14.4. The van der Waals surface area contributed by atoms with Crippen molar-refractivity contribution in [3.05, 3.63) is 34.9 Å². The van der Waals surface area contributed by atoms with Crippen molar-refractivity contribution < 1.29 is 0 Å². The maximum absolute atomic E-state index is 6.13. The van der Waals surface area contributed by atoms with Gasteiger partial charge in [0, 0.05) is 0 Å². The van der Waals surface area contributed by atoms with Crippen LogP contribution in [0.4, 0.5) is 0 Å². The molecule has 0 aliphatic carbocycles. The molecule has 2 heteroatoms. The fraction of sp³-hybridized carbons (Fsp3) is 0.842. The van der Waals surface area contributed by atoms with Crippen LogP contribution in [0.15, 0.2) is 18.2 Å². The van der Waals surface area contributed by atoms with Gasteiger partial charge in [0.1, 0.15) is 0 Å². The largest absolute Gasteiger partial charge is 0.330 e. The molecule has 0 saturated carbocycles. The first-order valence-corrected chi connectivity index (χ1v) is 16.0. The lowest BCUT2D eigenvalue weighted by molar-refractivity contribution is -0.0682. The number of rotatable bonds is 12. The van der Waals surface area contributed by atoms with E-state index in [0.29, 0.717) is 0 Å². The third-order valence-corrected chi connectivity index (χ3v) is 14.4. The molecule has 0 aliphatic rings. The molecule has 0 amide bonds. The van der Waals surface area contributed by atoms with Gasteiger partial charge < -0.3 is 11.5 Å². The van der Waals surface area contributed by atoms with Crippen LogP contribution in [-0.4, -0.2) is 13.1 Å². The molecule has 1 aromatic carbocycles. The Balaban J connectivity index is 4.04. The van der Waals surface area contributed by atoms with Crippen LogP contribution >= 0.6 is 0 Å². The number of benzene rings is 1. The molecule has 0 aliphatic heterocycles. The molecule has 0 radical (unpaired) electrons. The molecule has 0 atom stereocenters. The molecule has 40 heavy (non-hydrogen) atoms. The maximum atomic E-state index is 6.13. The molecule has 0 heterocycles. The van der Waals surface area contributed by atoms with Crippen LogP contribution in [0.3, 0.4) is 0 Å². The second-order valence-corrected chi connectivity index (χ2v) is 18.6. The predicted molar refractivity (Wildman–Crippen MR) is 181 cm³/mol. The zero-order valence-electron chi connectivity index (χ0n) is 30.7. The summed E-state index contributed by atoms with van der Waals surface area (Å²) in [4.78, 5) is 0. The molecule has 0 spiro atoms. The van der Waals surface area contributed by atoms with Gasteiger partial charge >= 0.3 is 0 Å². The van der Waals surface area contributed by atoms with Crippen LogP contribution in [-0.2, 0) is 16.2 Å². The average molecular weight is 557 g/mol. The van der Waals surface area contributed by atoms with Gasteiger partial charge in [-0.25, -0.2) is 0 Å². The Morgan fingerprint density at radius 2 is 0.650 bits per heavy atom. The third kappa shape index (κ3) is 5.84. The monoisotopic (exact) mass is 557 g/mol. The van der Waals surface area contributed by atoms with Gasteiger partial charge in [0.25, 0.3) is 0 Å². The lowest BCUT2D eigenvalue weighted by Gasteiger charge is -2.60. The first kappa shape index (κ1) is 37.2. The Labute approximate surface area is 252 Å². The highest BCUT2D eigenvalue weighted by Gasteiger charge is 2.57. The molecule has 4 N–H and O–H groups in total. The highest BCUT2D eigenvalue weighted by Crippen LogP contribution is 2.63. The van der Waals surface area contributed by atoms with Crippen molar-refractivity contribution in [1.82, 2.24) is 0 Å². The molecule has 0 fully saturated rings. The fourth-order valence-electron chi connectivity index (χ4n) is 7.11. The second-order valence-electron chi connectivity index (χ2n) is 18.6. The Hall–Kier alpha value is -0.860. The lowest BCUT2D eigenvalue weighted by Crippen LogP contribution is -2.55. The van der Waals surface area contributed by atoms with E-state index in [1.165, 1.54) is 16.7 Å². The lowest BCUT2D eigenvalue weighted by atomic mass is 9.44. The van der Waals surface area contributed by atoms with E-state index < -0.39 is 0 Å². The zero-order valence-corrected chi connectivity index (χ0v) is 30.7. The van der Waals surface area contributed by atoms with Crippen LogP contribution in [0.25, 0.3) is 0 Å². The Morgan fingerprint density at radius 3 is 0.875 bits per heavy atom. The SMILES string of the molecule is CC(C)(C)c1cc(C(C)(C)C(C)(C)C(C)(C)C(C)(C)CCN)cc(C(C)(C)C(C)(C)C(C)(C)C(C)(C)CCN)c1. The van der Waals surface area contributed by atoms with E-state index in [-0.39, 0.29) is 48.7 Å². The van der Waals surface area contributed by atoms with Crippen molar-refractivity contribution in [3.63, 3.8) is 0 Å². The zero-order chi connectivity index (χ0) is 32.2. The molecule has 1 aromatic rings. The van der Waals surface area contributed by atoms with Crippen LogP contribution in [0, 0.1) is 32.5 Å². The van der Waals surface area contributed by atoms with Crippen LogP contribution in [0.5, 0.6) is 0 Å². The standard InChI is InChI=1S/C38H72N2/c1-30(2,3)27-24-28(33(8,9)37(16,17)35(12,13)31(4,5)20-22-39)26-29(25-27)34(10,11)38(18,19)36(14,15)32(6,7)21-23-40/h24-26H,20-23,39-40H2,1-19H3. The van der Waals surface area contributed by atoms with Crippen molar-refractivity contribution in [2.75, 3.05) is 13.1 Å². The Morgan fingerprint density at radius 1 is 0.400 bits per heavy atom. The van der Waals surface area contributed by atoms with E-state index in [1.807, 2.05) is 0 Å². The van der Waals surface area contributed by atoms with E-state index in [9.17, 15) is 0 Å². The van der Waals surface area contributed by atoms with Crippen molar-refractivity contribution >= 4 is 0 Å². The van der Waals surface area contributed by atoms with E-state index in [4.69, 9.17) is 11.5 Å². The summed E-state index contributed by atoms with van der Waals surface area (Å²) in [6.45, 7) is 47.9. The van der Waals surface area contributed by atoms with Gasteiger partial charge in [0.05, 0.1) is 0 Å². The van der Waals surface area contributed by atoms with Crippen LogP contribution in [0.2, 0.25) is 0 Å². The normalized spacial score (nSPS) is 15.5. The summed E-state index contributed by atoms with van der Waals surface area (Å²) in [6, 6.07) is 7.60. The van der Waals surface area contributed by atoms with Crippen molar-refractivity contribution in [1.29, 1.82) is 0 Å². The minimum absolute atomic E-state index is 0.00546. The van der Waals surface area contributed by atoms with Crippen LogP contribution in [0.1, 0.15) is 161 Å². The average Bonchev–Trinajstić information content (AvgIpc) is 2.77. The van der Waals surface area contributed by atoms with Crippen molar-refractivity contribution in [2.45, 2.75) is 161 Å². The van der Waals surface area contributed by atoms with E-state index in [1.54, 1.807) is 0 Å². The van der Waals surface area contributed by atoms with Gasteiger partial charge in [-0.1, -0.05) is 150 Å². The fourth-order valence-corrected chi connectivity index (χ4v) is 7.11. The molecule has 0 bridgehead atoms. The predicted octanol–water partition coefficient (Wildman–Crippen LogP) is 10.4. The summed E-state index contributed by atoms with van der Waals surface area (Å²) in [5, 5.41) is 0. The van der Waals surface area contributed by atoms with E-state index in [0.717, 1.165) is 25.9 Å². The van der Waals surface area contributed by atoms with Gasteiger partial charge in [-0.05, 0) is 91.4 Å². The summed E-state index contributed by atoms with van der Waals surface area (Å²) in [5.41, 5.74) is 16.8. The van der Waals surface area contributed by atoms with Gasteiger partial charge in [-0.3, -0.25) is 0 Å². The minimum atomic E-state index is -0.0764. The summed E-state index contributed by atoms with van der Waals surface area (Å²) < 4.78 is 0. The van der Waals surface area contributed by atoms with Gasteiger partial charge in [0.15, 0.2) is 0 Å². The van der Waals surface area contributed by atoms with Crippen molar-refractivity contribution in [3.8, 4) is 0 Å². The first-order chi connectivity index (χ1) is 17.4. The summed E-state index contributed by atoms with van der Waals surface area (Å²) in [7, 11) is 0. The second kappa shape index (κ2) is 11.0. The summed E-state index contributed by atoms with van der Waals surface area (Å²) in [6.07, 6.45) is 2.03. The van der Waals surface area contributed by atoms with E-state index >= 15 is 0 Å². The van der Waals surface area contributed by atoms with E-state index in [2.05, 4.69) is 150 Å². The number of nitrogens with two attached hydrogens (primary N) is 2. The van der Waals surface area contributed by atoms with Crippen molar-refractivity contribution in [2.24, 2.45) is 44.0 Å². The Bertz CT molecular complexity index is 934. The molecule has 1 rings (SSSR count).